The van der Waals surface area contributed by atoms with Crippen LogP contribution in [0.15, 0.2) is 47.3 Å². The van der Waals surface area contributed by atoms with Crippen LogP contribution in [-0.2, 0) is 6.42 Å². The Morgan fingerprint density at radius 2 is 1.79 bits per heavy atom. The van der Waals surface area contributed by atoms with Gasteiger partial charge in [0, 0.05) is 22.4 Å². The predicted octanol–water partition coefficient (Wildman–Crippen LogP) is 4.88. The highest BCUT2D eigenvalue weighted by atomic mass is 32.1. The molecule has 148 valence electrons. The number of fused-ring (bicyclic) bond motifs is 1. The van der Waals surface area contributed by atoms with Crippen LogP contribution in [0, 0.1) is 13.8 Å². The highest BCUT2D eigenvalue weighted by Crippen LogP contribution is 2.37. The highest BCUT2D eigenvalue weighted by Gasteiger charge is 2.18. The van der Waals surface area contributed by atoms with Crippen molar-refractivity contribution in [3.8, 4) is 22.6 Å². The van der Waals surface area contributed by atoms with Crippen molar-refractivity contribution in [1.82, 2.24) is 9.97 Å². The van der Waals surface area contributed by atoms with Gasteiger partial charge in [0.15, 0.2) is 0 Å². The molecule has 0 saturated carbocycles. The van der Waals surface area contributed by atoms with E-state index < -0.39 is 0 Å². The summed E-state index contributed by atoms with van der Waals surface area (Å²) in [6.07, 6.45) is 0.503. The number of ether oxygens (including phenoxy) is 2. The predicted molar refractivity (Wildman–Crippen MR) is 118 cm³/mol. The molecule has 1 N–H and O–H groups in total. The summed E-state index contributed by atoms with van der Waals surface area (Å²) in [5.41, 5.74) is 3.83. The minimum atomic E-state index is -0.118. The number of hydrogen-bond donors (Lipinski definition) is 1. The molecular weight excluding hydrogens is 384 g/mol. The molecule has 0 unspecified atom stereocenters. The molecule has 0 bridgehead atoms. The van der Waals surface area contributed by atoms with Crippen LogP contribution >= 0.6 is 11.3 Å². The van der Waals surface area contributed by atoms with Gasteiger partial charge in [-0.3, -0.25) is 4.79 Å². The van der Waals surface area contributed by atoms with Crippen LogP contribution in [0.4, 0.5) is 0 Å². The van der Waals surface area contributed by atoms with Crippen molar-refractivity contribution in [1.29, 1.82) is 0 Å². The van der Waals surface area contributed by atoms with Gasteiger partial charge in [0.05, 0.1) is 19.6 Å². The van der Waals surface area contributed by atoms with E-state index in [4.69, 9.17) is 14.5 Å². The molecule has 0 fully saturated rings. The Hall–Kier alpha value is -3.12. The molecule has 0 aliphatic heterocycles. The van der Waals surface area contributed by atoms with Gasteiger partial charge in [-0.1, -0.05) is 24.3 Å². The molecule has 0 saturated heterocycles. The fourth-order valence-electron chi connectivity index (χ4n) is 3.66. The molecule has 0 radical (unpaired) electrons. The van der Waals surface area contributed by atoms with Crippen LogP contribution < -0.4 is 15.0 Å². The Bertz CT molecular complexity index is 1260. The van der Waals surface area contributed by atoms with Gasteiger partial charge in [0.2, 0.25) is 0 Å². The number of aromatic amines is 1. The molecule has 2 aromatic carbocycles. The maximum atomic E-state index is 13.0. The van der Waals surface area contributed by atoms with Gasteiger partial charge in [0.1, 0.15) is 22.2 Å². The Balaban J connectivity index is 1.81. The molecule has 29 heavy (non-hydrogen) atoms. The fraction of sp³-hybridized carbons (Fsp3) is 0.217. The highest BCUT2D eigenvalue weighted by molar-refractivity contribution is 7.19. The largest absolute Gasteiger partial charge is 0.496 e. The summed E-state index contributed by atoms with van der Waals surface area (Å²) in [5, 5.41) is 0.640. The minimum Gasteiger partial charge on any atom is -0.496 e. The number of thiophene rings is 1. The van der Waals surface area contributed by atoms with E-state index in [2.05, 4.69) is 11.1 Å². The zero-order valence-electron chi connectivity index (χ0n) is 16.8. The lowest BCUT2D eigenvalue weighted by Crippen LogP contribution is -2.12. The Labute approximate surface area is 173 Å². The molecule has 0 aliphatic rings. The number of benzene rings is 2. The molecule has 4 rings (SSSR count). The van der Waals surface area contributed by atoms with Gasteiger partial charge in [0.25, 0.3) is 5.56 Å². The number of para-hydroxylation sites is 1. The Kier molecular flexibility index (Phi) is 5.11. The van der Waals surface area contributed by atoms with Crippen LogP contribution in [0.2, 0.25) is 0 Å². The summed E-state index contributed by atoms with van der Waals surface area (Å²) in [5.74, 6) is 2.25. The van der Waals surface area contributed by atoms with Crippen LogP contribution in [0.1, 0.15) is 21.8 Å². The molecular formula is C23H22N2O3S. The second-order valence-corrected chi connectivity index (χ2v) is 8.10. The number of aromatic nitrogens is 2. The summed E-state index contributed by atoms with van der Waals surface area (Å²) < 4.78 is 10.8. The van der Waals surface area contributed by atoms with Crippen molar-refractivity contribution in [3.05, 3.63) is 74.6 Å². The van der Waals surface area contributed by atoms with Gasteiger partial charge >= 0.3 is 0 Å². The van der Waals surface area contributed by atoms with E-state index in [-0.39, 0.29) is 5.56 Å². The summed E-state index contributed by atoms with van der Waals surface area (Å²) in [4.78, 5) is 22.6. The maximum Gasteiger partial charge on any atom is 0.260 e. The van der Waals surface area contributed by atoms with Crippen LogP contribution in [-0.4, -0.2) is 24.2 Å². The molecule has 0 amide bonds. The number of nitrogens with one attached hydrogen (secondary N) is 1. The quantitative estimate of drug-likeness (QED) is 0.513. The Morgan fingerprint density at radius 3 is 2.52 bits per heavy atom. The van der Waals surface area contributed by atoms with E-state index >= 15 is 0 Å². The average Bonchev–Trinajstić information content (AvgIpc) is 3.04. The molecule has 2 heterocycles. The number of nitrogens with zero attached hydrogens (tertiary/aromatic N) is 1. The van der Waals surface area contributed by atoms with Crippen molar-refractivity contribution >= 4 is 21.6 Å². The topological polar surface area (TPSA) is 64.2 Å². The molecule has 0 atom stereocenters. The number of hydrogen-bond acceptors (Lipinski definition) is 5. The van der Waals surface area contributed by atoms with E-state index in [1.165, 1.54) is 0 Å². The number of aryl methyl sites for hydroxylation is 2. The van der Waals surface area contributed by atoms with Gasteiger partial charge < -0.3 is 14.5 Å². The Morgan fingerprint density at radius 1 is 1.03 bits per heavy atom. The SMILES string of the molecule is COc1ccc(-c2c(C)sc3nc(Cc4ccccc4OC)[nH]c(=O)c23)cc1C. The smallest absolute Gasteiger partial charge is 0.260 e. The first kappa shape index (κ1) is 19.2. The number of rotatable bonds is 5. The maximum absolute atomic E-state index is 13.0. The summed E-state index contributed by atoms with van der Waals surface area (Å²) >= 11 is 1.54. The molecule has 6 heteroatoms. The van der Waals surface area contributed by atoms with E-state index in [9.17, 15) is 4.79 Å². The molecule has 0 spiro atoms. The minimum absolute atomic E-state index is 0.118. The van der Waals surface area contributed by atoms with Gasteiger partial charge in [-0.2, -0.15) is 0 Å². The second-order valence-electron chi connectivity index (χ2n) is 6.90. The molecule has 2 aromatic heterocycles. The van der Waals surface area contributed by atoms with Crippen molar-refractivity contribution in [2.45, 2.75) is 20.3 Å². The first-order chi connectivity index (χ1) is 14.0. The van der Waals surface area contributed by atoms with Crippen molar-refractivity contribution in [2.75, 3.05) is 14.2 Å². The third-order valence-corrected chi connectivity index (χ3v) is 6.02. The third-order valence-electron chi connectivity index (χ3n) is 5.02. The van der Waals surface area contributed by atoms with Crippen molar-refractivity contribution in [3.63, 3.8) is 0 Å². The lowest BCUT2D eigenvalue weighted by Gasteiger charge is -2.09. The monoisotopic (exact) mass is 406 g/mol. The van der Waals surface area contributed by atoms with Crippen molar-refractivity contribution in [2.24, 2.45) is 0 Å². The second kappa shape index (κ2) is 7.72. The number of H-pyrrole nitrogens is 1. The zero-order chi connectivity index (χ0) is 20.5. The van der Waals surface area contributed by atoms with E-state index in [1.54, 1.807) is 25.6 Å². The van der Waals surface area contributed by atoms with Crippen LogP contribution in [0.3, 0.4) is 0 Å². The van der Waals surface area contributed by atoms with Crippen LogP contribution in [0.5, 0.6) is 11.5 Å². The molecule has 5 nitrogen and oxygen atoms in total. The van der Waals surface area contributed by atoms with Crippen molar-refractivity contribution < 1.29 is 9.47 Å². The summed E-state index contributed by atoms with van der Waals surface area (Å²) in [6.45, 7) is 4.03. The third kappa shape index (κ3) is 3.51. The fourth-order valence-corrected chi connectivity index (χ4v) is 4.72. The average molecular weight is 407 g/mol. The molecule has 4 aromatic rings. The zero-order valence-corrected chi connectivity index (χ0v) is 17.6. The van der Waals surface area contributed by atoms with Crippen LogP contribution in [0.25, 0.3) is 21.3 Å². The molecule has 0 aliphatic carbocycles. The summed E-state index contributed by atoms with van der Waals surface area (Å²) in [6, 6.07) is 13.7. The first-order valence-electron chi connectivity index (χ1n) is 9.31. The summed E-state index contributed by atoms with van der Waals surface area (Å²) in [7, 11) is 3.30. The van der Waals surface area contributed by atoms with Gasteiger partial charge in [-0.25, -0.2) is 4.98 Å². The van der Waals surface area contributed by atoms with E-state index in [1.807, 2.05) is 50.2 Å². The normalized spacial score (nSPS) is 11.0. The first-order valence-corrected chi connectivity index (χ1v) is 10.1. The van der Waals surface area contributed by atoms with Gasteiger partial charge in [-0.15, -0.1) is 11.3 Å². The lowest BCUT2D eigenvalue weighted by molar-refractivity contribution is 0.410. The van der Waals surface area contributed by atoms with Gasteiger partial charge in [-0.05, 0) is 43.2 Å². The van der Waals surface area contributed by atoms with E-state index in [0.29, 0.717) is 17.6 Å². The lowest BCUT2D eigenvalue weighted by atomic mass is 10.0. The van der Waals surface area contributed by atoms with E-state index in [0.717, 1.165) is 43.5 Å². The number of methoxy groups -OCH3 is 2. The standard InChI is InChI=1S/C23H22N2O3S/c1-13-11-16(9-10-17(13)27-3)20-14(2)29-23-21(20)22(26)24-19(25-23)12-15-7-5-6-8-18(15)28-4/h5-11H,12H2,1-4H3,(H,24,25,26).